The van der Waals surface area contributed by atoms with E-state index in [4.69, 9.17) is 10.5 Å². The predicted octanol–water partition coefficient (Wildman–Crippen LogP) is 2.62. The molecular weight excluding hydrogens is 332 g/mol. The van der Waals surface area contributed by atoms with Crippen LogP contribution in [0.3, 0.4) is 0 Å². The lowest BCUT2D eigenvalue weighted by Crippen LogP contribution is -2.39. The highest BCUT2D eigenvalue weighted by Crippen LogP contribution is 2.35. The maximum absolute atomic E-state index is 12.7. The van der Waals surface area contributed by atoms with Crippen LogP contribution in [0.25, 0.3) is 0 Å². The minimum absolute atomic E-state index is 0.0471. The van der Waals surface area contributed by atoms with Crippen molar-refractivity contribution >= 4 is 21.8 Å². The van der Waals surface area contributed by atoms with Crippen LogP contribution in [-0.2, 0) is 9.53 Å². The minimum Gasteiger partial charge on any atom is -0.364 e. The molecule has 0 aliphatic carbocycles. The lowest BCUT2D eigenvalue weighted by atomic mass is 10.0. The molecule has 4 nitrogen and oxygen atoms in total. The molecule has 2 fully saturated rings. The third kappa shape index (κ3) is 3.15. The molecule has 1 unspecified atom stereocenters. The van der Waals surface area contributed by atoms with Gasteiger partial charge in [0.25, 0.3) is 5.91 Å². The molecule has 1 aromatic carbocycles. The van der Waals surface area contributed by atoms with Gasteiger partial charge in [0.2, 0.25) is 0 Å². The molecule has 3 rings (SSSR count). The van der Waals surface area contributed by atoms with Gasteiger partial charge in [0.15, 0.2) is 0 Å². The number of rotatable bonds is 3. The van der Waals surface area contributed by atoms with E-state index in [0.29, 0.717) is 6.54 Å². The van der Waals surface area contributed by atoms with E-state index in [9.17, 15) is 4.79 Å². The number of hydrogen-bond donors (Lipinski definition) is 1. The Morgan fingerprint density at radius 2 is 2.24 bits per heavy atom. The van der Waals surface area contributed by atoms with Gasteiger partial charge in [-0.2, -0.15) is 0 Å². The van der Waals surface area contributed by atoms with E-state index >= 15 is 0 Å². The van der Waals surface area contributed by atoms with Crippen molar-refractivity contribution in [2.24, 2.45) is 5.73 Å². The first-order valence-corrected chi connectivity index (χ1v) is 8.40. The number of ether oxygens (including phenoxy) is 1. The van der Waals surface area contributed by atoms with Crippen molar-refractivity contribution in [3.8, 4) is 0 Å². The summed E-state index contributed by atoms with van der Waals surface area (Å²) >= 11 is 3.51. The third-order valence-electron chi connectivity index (χ3n) is 4.42. The van der Waals surface area contributed by atoms with Crippen molar-refractivity contribution in [2.75, 3.05) is 13.1 Å². The molecule has 2 aliphatic rings. The van der Waals surface area contributed by atoms with Gasteiger partial charge in [0.05, 0.1) is 12.1 Å². The summed E-state index contributed by atoms with van der Waals surface area (Å²) in [5, 5.41) is 0. The van der Waals surface area contributed by atoms with Gasteiger partial charge >= 0.3 is 0 Å². The summed E-state index contributed by atoms with van der Waals surface area (Å²) in [6, 6.07) is 8.41. The summed E-state index contributed by atoms with van der Waals surface area (Å²) in [6.07, 6.45) is 3.51. The van der Waals surface area contributed by atoms with Crippen molar-refractivity contribution in [3.63, 3.8) is 0 Å². The fourth-order valence-corrected chi connectivity index (χ4v) is 3.75. The normalized spacial score (nSPS) is 29.0. The van der Waals surface area contributed by atoms with Gasteiger partial charge < -0.3 is 15.4 Å². The average Bonchev–Trinajstić information content (AvgIpc) is 3.15. The van der Waals surface area contributed by atoms with Crippen LogP contribution in [0.5, 0.6) is 0 Å². The highest BCUT2D eigenvalue weighted by Gasteiger charge is 2.37. The fraction of sp³-hybridized carbons (Fsp3) is 0.562. The number of hydrogen-bond acceptors (Lipinski definition) is 3. The van der Waals surface area contributed by atoms with Crippen LogP contribution < -0.4 is 5.73 Å². The molecule has 2 heterocycles. The summed E-state index contributed by atoms with van der Waals surface area (Å²) in [6.45, 7) is 1.32. The Morgan fingerprint density at radius 1 is 1.38 bits per heavy atom. The van der Waals surface area contributed by atoms with Crippen molar-refractivity contribution in [3.05, 3.63) is 34.3 Å². The number of carbonyl (C=O) groups excluding carboxylic acids is 1. The van der Waals surface area contributed by atoms with Crippen LogP contribution in [-0.4, -0.2) is 36.1 Å². The number of halogens is 1. The number of nitrogens with zero attached hydrogens (tertiary/aromatic N) is 1. The van der Waals surface area contributed by atoms with Gasteiger partial charge in [-0.05, 0) is 43.4 Å². The molecular formula is C16H21BrN2O2. The molecule has 2 N–H and O–H groups in total. The first-order chi connectivity index (χ1) is 10.2. The maximum atomic E-state index is 12.7. The van der Waals surface area contributed by atoms with E-state index in [2.05, 4.69) is 28.1 Å². The van der Waals surface area contributed by atoms with E-state index < -0.39 is 0 Å². The average molecular weight is 353 g/mol. The molecule has 0 spiro atoms. The van der Waals surface area contributed by atoms with Gasteiger partial charge in [-0.15, -0.1) is 0 Å². The number of carbonyl (C=O) groups is 1. The second kappa shape index (κ2) is 6.46. The molecule has 1 amide bonds. The lowest BCUT2D eigenvalue weighted by molar-refractivity contribution is -0.143. The highest BCUT2D eigenvalue weighted by molar-refractivity contribution is 9.10. The molecule has 21 heavy (non-hydrogen) atoms. The summed E-state index contributed by atoms with van der Waals surface area (Å²) in [5.74, 6) is 0.133. The smallest absolute Gasteiger partial charge is 0.252 e. The number of nitrogens with two attached hydrogens (primary N) is 1. The topological polar surface area (TPSA) is 55.6 Å². The Labute approximate surface area is 133 Å². The van der Waals surface area contributed by atoms with E-state index in [1.165, 1.54) is 5.56 Å². The number of benzene rings is 1. The van der Waals surface area contributed by atoms with Crippen LogP contribution in [0.15, 0.2) is 28.7 Å². The monoisotopic (exact) mass is 352 g/mol. The van der Waals surface area contributed by atoms with E-state index in [1.807, 2.05) is 17.0 Å². The quantitative estimate of drug-likeness (QED) is 0.909. The fourth-order valence-electron chi connectivity index (χ4n) is 3.34. The van der Waals surface area contributed by atoms with Gasteiger partial charge in [-0.3, -0.25) is 4.79 Å². The Morgan fingerprint density at radius 3 is 2.95 bits per heavy atom. The zero-order valence-electron chi connectivity index (χ0n) is 12.0. The first-order valence-electron chi connectivity index (χ1n) is 7.60. The number of likely N-dealkylation sites (tertiary alicyclic amines) is 1. The second-order valence-corrected chi connectivity index (χ2v) is 6.72. The maximum Gasteiger partial charge on any atom is 0.252 e. The SMILES string of the molecule is NC[C@H]1CC[C@@H](C(=O)N2CCCC2c2cccc(Br)c2)O1. The van der Waals surface area contributed by atoms with Gasteiger partial charge in [0, 0.05) is 17.6 Å². The molecule has 2 saturated heterocycles. The molecule has 1 aromatic rings. The highest BCUT2D eigenvalue weighted by atomic mass is 79.9. The second-order valence-electron chi connectivity index (χ2n) is 5.80. The van der Waals surface area contributed by atoms with Crippen molar-refractivity contribution in [1.29, 1.82) is 0 Å². The van der Waals surface area contributed by atoms with Crippen LogP contribution >= 0.6 is 15.9 Å². The Hall–Kier alpha value is -0.910. The Bertz CT molecular complexity index is 523. The minimum atomic E-state index is -0.300. The van der Waals surface area contributed by atoms with E-state index in [1.54, 1.807) is 0 Å². The van der Waals surface area contributed by atoms with Crippen molar-refractivity contribution in [1.82, 2.24) is 4.90 Å². The third-order valence-corrected chi connectivity index (χ3v) is 4.91. The van der Waals surface area contributed by atoms with Crippen molar-refractivity contribution in [2.45, 2.75) is 43.9 Å². The van der Waals surface area contributed by atoms with Gasteiger partial charge in [-0.1, -0.05) is 28.1 Å². The summed E-state index contributed by atoms with van der Waals surface area (Å²) < 4.78 is 6.82. The summed E-state index contributed by atoms with van der Waals surface area (Å²) in [4.78, 5) is 14.7. The number of amides is 1. The molecule has 0 saturated carbocycles. The Kier molecular flexibility index (Phi) is 4.62. The largest absolute Gasteiger partial charge is 0.364 e. The first kappa shape index (κ1) is 15.0. The summed E-state index contributed by atoms with van der Waals surface area (Å²) in [7, 11) is 0. The van der Waals surface area contributed by atoms with Gasteiger partial charge in [-0.25, -0.2) is 0 Å². The van der Waals surface area contributed by atoms with Crippen LogP contribution in [0, 0.1) is 0 Å². The molecule has 0 aromatic heterocycles. The zero-order valence-corrected chi connectivity index (χ0v) is 13.6. The molecule has 3 atom stereocenters. The van der Waals surface area contributed by atoms with Crippen molar-refractivity contribution < 1.29 is 9.53 Å². The molecule has 0 radical (unpaired) electrons. The molecule has 114 valence electrons. The van der Waals surface area contributed by atoms with Crippen LogP contribution in [0.4, 0.5) is 0 Å². The molecule has 5 heteroatoms. The Balaban J connectivity index is 1.73. The van der Waals surface area contributed by atoms with Gasteiger partial charge in [0.1, 0.15) is 6.10 Å². The van der Waals surface area contributed by atoms with E-state index in [0.717, 1.165) is 36.7 Å². The van der Waals surface area contributed by atoms with E-state index in [-0.39, 0.29) is 24.2 Å². The predicted molar refractivity (Wildman–Crippen MR) is 84.8 cm³/mol. The standard InChI is InChI=1S/C16H21BrN2O2/c17-12-4-1-3-11(9-12)14-5-2-8-19(14)16(20)15-7-6-13(10-18)21-15/h1,3-4,9,13-15H,2,5-8,10,18H2/t13-,14?,15+/m1/s1. The molecule has 0 bridgehead atoms. The van der Waals surface area contributed by atoms with Crippen LogP contribution in [0.1, 0.15) is 37.3 Å². The zero-order chi connectivity index (χ0) is 14.8. The van der Waals surface area contributed by atoms with Crippen LogP contribution in [0.2, 0.25) is 0 Å². The molecule has 2 aliphatic heterocycles. The summed E-state index contributed by atoms with van der Waals surface area (Å²) in [5.41, 5.74) is 6.83. The lowest BCUT2D eigenvalue weighted by Gasteiger charge is -2.27.